The van der Waals surface area contributed by atoms with Crippen molar-refractivity contribution < 1.29 is 19.0 Å². The van der Waals surface area contributed by atoms with Crippen LogP contribution in [0, 0.1) is 0 Å². The highest BCUT2D eigenvalue weighted by atomic mass is 16.5. The number of carbonyl (C=O) groups is 1. The Kier molecular flexibility index (Phi) is 5.42. The smallest absolute Gasteiger partial charge is 0.341 e. The van der Waals surface area contributed by atoms with Crippen molar-refractivity contribution in [3.63, 3.8) is 0 Å². The fraction of sp³-hybridized carbons (Fsp3) is 0.278. The summed E-state index contributed by atoms with van der Waals surface area (Å²) in [6.45, 7) is 4.26. The maximum Gasteiger partial charge on any atom is 0.341 e. The van der Waals surface area contributed by atoms with Crippen LogP contribution in [0.25, 0.3) is 0 Å². The van der Waals surface area contributed by atoms with Gasteiger partial charge in [-0.3, -0.25) is 0 Å². The van der Waals surface area contributed by atoms with Gasteiger partial charge in [0.1, 0.15) is 23.7 Å². The number of carbonyl (C=O) groups excluding carboxylic acids is 1. The van der Waals surface area contributed by atoms with Crippen LogP contribution in [-0.4, -0.2) is 19.2 Å². The standard InChI is InChI=1S/C18H20O4/c1-13(2)22-15-9-10-16(18(19)20-3)17(11-15)21-12-14-7-5-4-6-8-14/h4-11,13H,12H2,1-3H3. The van der Waals surface area contributed by atoms with Crippen molar-refractivity contribution >= 4 is 5.97 Å². The second kappa shape index (κ2) is 7.50. The van der Waals surface area contributed by atoms with E-state index in [9.17, 15) is 4.79 Å². The molecule has 0 spiro atoms. The topological polar surface area (TPSA) is 44.8 Å². The predicted molar refractivity (Wildman–Crippen MR) is 84.3 cm³/mol. The molecule has 0 saturated heterocycles. The largest absolute Gasteiger partial charge is 0.491 e. The Morgan fingerprint density at radius 1 is 1.09 bits per heavy atom. The van der Waals surface area contributed by atoms with Gasteiger partial charge in [-0.05, 0) is 31.5 Å². The zero-order valence-electron chi connectivity index (χ0n) is 13.0. The molecule has 4 nitrogen and oxygen atoms in total. The summed E-state index contributed by atoms with van der Waals surface area (Å²) >= 11 is 0. The molecule has 0 N–H and O–H groups in total. The van der Waals surface area contributed by atoms with Crippen molar-refractivity contribution in [1.29, 1.82) is 0 Å². The third-order valence-electron chi connectivity index (χ3n) is 2.97. The molecule has 0 unspecified atom stereocenters. The van der Waals surface area contributed by atoms with Crippen molar-refractivity contribution in [3.05, 3.63) is 59.7 Å². The normalized spacial score (nSPS) is 10.4. The summed E-state index contributed by atoms with van der Waals surface area (Å²) in [6.07, 6.45) is 0.0472. The average molecular weight is 300 g/mol. The summed E-state index contributed by atoms with van der Waals surface area (Å²) in [7, 11) is 1.35. The first kappa shape index (κ1) is 15.9. The van der Waals surface area contributed by atoms with Crippen LogP contribution in [0.5, 0.6) is 11.5 Å². The lowest BCUT2D eigenvalue weighted by molar-refractivity contribution is 0.0595. The van der Waals surface area contributed by atoms with Crippen molar-refractivity contribution in [2.24, 2.45) is 0 Å². The third kappa shape index (κ3) is 4.25. The highest BCUT2D eigenvalue weighted by molar-refractivity contribution is 5.92. The summed E-state index contributed by atoms with van der Waals surface area (Å²) in [4.78, 5) is 11.8. The number of ether oxygens (including phenoxy) is 3. The highest BCUT2D eigenvalue weighted by Crippen LogP contribution is 2.27. The van der Waals surface area contributed by atoms with Gasteiger partial charge < -0.3 is 14.2 Å². The van der Waals surface area contributed by atoms with Crippen LogP contribution in [-0.2, 0) is 11.3 Å². The van der Waals surface area contributed by atoms with E-state index in [-0.39, 0.29) is 6.10 Å². The maximum absolute atomic E-state index is 11.8. The second-order valence-corrected chi connectivity index (χ2v) is 5.09. The first-order chi connectivity index (χ1) is 10.6. The SMILES string of the molecule is COC(=O)c1ccc(OC(C)C)cc1OCc1ccccc1. The molecule has 22 heavy (non-hydrogen) atoms. The minimum Gasteiger partial charge on any atom is -0.491 e. The zero-order valence-corrected chi connectivity index (χ0v) is 13.0. The van der Waals surface area contributed by atoms with Gasteiger partial charge in [0.25, 0.3) is 0 Å². The van der Waals surface area contributed by atoms with E-state index in [1.165, 1.54) is 7.11 Å². The second-order valence-electron chi connectivity index (χ2n) is 5.09. The lowest BCUT2D eigenvalue weighted by Crippen LogP contribution is -2.09. The first-order valence-electron chi connectivity index (χ1n) is 7.16. The lowest BCUT2D eigenvalue weighted by atomic mass is 10.2. The van der Waals surface area contributed by atoms with E-state index in [1.54, 1.807) is 18.2 Å². The van der Waals surface area contributed by atoms with E-state index >= 15 is 0 Å². The molecule has 0 aliphatic rings. The molecule has 0 heterocycles. The predicted octanol–water partition coefficient (Wildman–Crippen LogP) is 3.84. The summed E-state index contributed by atoms with van der Waals surface area (Å²) in [5.41, 5.74) is 1.41. The van der Waals surface area contributed by atoms with Crippen LogP contribution in [0.3, 0.4) is 0 Å². The Morgan fingerprint density at radius 3 is 2.45 bits per heavy atom. The molecule has 0 aromatic heterocycles. The minimum atomic E-state index is -0.431. The molecule has 2 aromatic rings. The van der Waals surface area contributed by atoms with Gasteiger partial charge in [-0.1, -0.05) is 30.3 Å². The molecular formula is C18H20O4. The van der Waals surface area contributed by atoms with Crippen LogP contribution in [0.4, 0.5) is 0 Å². The molecule has 0 saturated carbocycles. The molecule has 0 radical (unpaired) electrons. The van der Waals surface area contributed by atoms with Crippen LogP contribution in [0.15, 0.2) is 48.5 Å². The van der Waals surface area contributed by atoms with Crippen LogP contribution < -0.4 is 9.47 Å². The highest BCUT2D eigenvalue weighted by Gasteiger charge is 2.15. The van der Waals surface area contributed by atoms with E-state index in [0.717, 1.165) is 5.56 Å². The molecule has 2 aromatic carbocycles. The van der Waals surface area contributed by atoms with Gasteiger partial charge in [0.05, 0.1) is 13.2 Å². The van der Waals surface area contributed by atoms with E-state index in [4.69, 9.17) is 14.2 Å². The number of methoxy groups -OCH3 is 1. The van der Waals surface area contributed by atoms with Crippen molar-refractivity contribution in [1.82, 2.24) is 0 Å². The number of benzene rings is 2. The molecule has 0 fully saturated rings. The van der Waals surface area contributed by atoms with Gasteiger partial charge >= 0.3 is 5.97 Å². The quantitative estimate of drug-likeness (QED) is 0.760. The lowest BCUT2D eigenvalue weighted by Gasteiger charge is -2.14. The monoisotopic (exact) mass is 300 g/mol. The minimum absolute atomic E-state index is 0.0472. The molecule has 4 heteroatoms. The molecule has 116 valence electrons. The number of hydrogen-bond donors (Lipinski definition) is 0. The van der Waals surface area contributed by atoms with Gasteiger partial charge in [0.2, 0.25) is 0 Å². The van der Waals surface area contributed by atoms with Gasteiger partial charge in [-0.15, -0.1) is 0 Å². The fourth-order valence-corrected chi connectivity index (χ4v) is 1.98. The van der Waals surface area contributed by atoms with Gasteiger partial charge in [-0.25, -0.2) is 4.79 Å². The molecule has 0 bridgehead atoms. The zero-order chi connectivity index (χ0) is 15.9. The molecule has 0 aliphatic carbocycles. The van der Waals surface area contributed by atoms with Crippen LogP contribution in [0.1, 0.15) is 29.8 Å². The van der Waals surface area contributed by atoms with Crippen molar-refractivity contribution in [3.8, 4) is 11.5 Å². The Labute approximate surface area is 130 Å². The van der Waals surface area contributed by atoms with E-state index in [0.29, 0.717) is 23.7 Å². The van der Waals surface area contributed by atoms with Gasteiger partial charge in [0.15, 0.2) is 0 Å². The van der Waals surface area contributed by atoms with E-state index < -0.39 is 5.97 Å². The average Bonchev–Trinajstić information content (AvgIpc) is 2.53. The molecule has 0 aliphatic heterocycles. The van der Waals surface area contributed by atoms with Gasteiger partial charge in [0, 0.05) is 6.07 Å². The number of rotatable bonds is 6. The summed E-state index contributed by atoms with van der Waals surface area (Å²) in [5, 5.41) is 0. The molecular weight excluding hydrogens is 280 g/mol. The summed E-state index contributed by atoms with van der Waals surface area (Å²) in [6, 6.07) is 14.9. The third-order valence-corrected chi connectivity index (χ3v) is 2.97. The molecule has 0 atom stereocenters. The maximum atomic E-state index is 11.8. The Morgan fingerprint density at radius 2 is 1.82 bits per heavy atom. The van der Waals surface area contributed by atoms with E-state index in [1.807, 2.05) is 44.2 Å². The van der Waals surface area contributed by atoms with E-state index in [2.05, 4.69) is 0 Å². The van der Waals surface area contributed by atoms with Crippen molar-refractivity contribution in [2.45, 2.75) is 26.6 Å². The molecule has 0 amide bonds. The Bertz CT molecular complexity index is 620. The molecule has 2 rings (SSSR count). The Balaban J connectivity index is 2.22. The van der Waals surface area contributed by atoms with Crippen LogP contribution in [0.2, 0.25) is 0 Å². The number of esters is 1. The first-order valence-corrected chi connectivity index (χ1v) is 7.16. The summed E-state index contributed by atoms with van der Waals surface area (Å²) in [5.74, 6) is 0.679. The van der Waals surface area contributed by atoms with Crippen molar-refractivity contribution in [2.75, 3.05) is 7.11 Å². The van der Waals surface area contributed by atoms with Gasteiger partial charge in [-0.2, -0.15) is 0 Å². The Hall–Kier alpha value is -2.49. The number of hydrogen-bond acceptors (Lipinski definition) is 4. The van der Waals surface area contributed by atoms with Crippen LogP contribution >= 0.6 is 0 Å². The fourth-order valence-electron chi connectivity index (χ4n) is 1.98. The summed E-state index contributed by atoms with van der Waals surface area (Å²) < 4.78 is 16.2.